The van der Waals surface area contributed by atoms with E-state index < -0.39 is 21.7 Å². The topological polar surface area (TPSA) is 101 Å². The second-order valence-electron chi connectivity index (χ2n) is 8.76. The van der Waals surface area contributed by atoms with Crippen LogP contribution in [0, 0.1) is 0 Å². The third kappa shape index (κ3) is 7.08. The summed E-state index contributed by atoms with van der Waals surface area (Å²) < 4.78 is 33.1. The number of aromatic nitrogens is 1. The van der Waals surface area contributed by atoms with Crippen LogP contribution >= 0.6 is 0 Å². The van der Waals surface area contributed by atoms with Gasteiger partial charge in [0, 0.05) is 43.3 Å². The maximum Gasteiger partial charge on any atom is 0.241 e. The number of hydrogen-bond donors (Lipinski definition) is 2. The summed E-state index contributed by atoms with van der Waals surface area (Å²) in [6.45, 7) is 2.25. The van der Waals surface area contributed by atoms with Crippen molar-refractivity contribution >= 4 is 27.3 Å². The molecule has 2 aromatic rings. The lowest BCUT2D eigenvalue weighted by atomic mass is 10.1. The third-order valence-corrected chi connectivity index (χ3v) is 7.25. The Labute approximate surface area is 195 Å². The Morgan fingerprint density at radius 1 is 1.00 bits per heavy atom. The quantitative estimate of drug-likeness (QED) is 0.580. The zero-order valence-electron chi connectivity index (χ0n) is 18.8. The zero-order valence-corrected chi connectivity index (χ0v) is 19.6. The fourth-order valence-corrected chi connectivity index (χ4v) is 5.31. The molecule has 2 heterocycles. The number of piperidine rings is 1. The van der Waals surface area contributed by atoms with Gasteiger partial charge in [0.25, 0.3) is 0 Å². The molecule has 0 unspecified atom stereocenters. The minimum absolute atomic E-state index is 0.204. The van der Waals surface area contributed by atoms with Crippen molar-refractivity contribution in [1.29, 1.82) is 0 Å². The second kappa shape index (κ2) is 10.9. The SMILES string of the molecule is O=C(CS(=O)(=O)Nc1ccc(N2CCCCC2)cc1)NCc1ccc(OC2CCCC2)nc1. The molecule has 0 bridgehead atoms. The first-order chi connectivity index (χ1) is 16.0. The van der Waals surface area contributed by atoms with Crippen LogP contribution in [0.4, 0.5) is 11.4 Å². The van der Waals surface area contributed by atoms with Crippen LogP contribution in [-0.2, 0) is 21.4 Å². The van der Waals surface area contributed by atoms with Gasteiger partial charge in [-0.2, -0.15) is 0 Å². The molecule has 1 aliphatic heterocycles. The van der Waals surface area contributed by atoms with E-state index >= 15 is 0 Å². The van der Waals surface area contributed by atoms with Gasteiger partial charge >= 0.3 is 0 Å². The lowest BCUT2D eigenvalue weighted by Crippen LogP contribution is -2.32. The number of pyridine rings is 1. The molecule has 1 saturated carbocycles. The number of carbonyl (C=O) groups excluding carboxylic acids is 1. The van der Waals surface area contributed by atoms with Crippen LogP contribution < -0.4 is 19.7 Å². The average molecular weight is 473 g/mol. The molecule has 0 atom stereocenters. The van der Waals surface area contributed by atoms with Gasteiger partial charge in [0.1, 0.15) is 11.9 Å². The number of anilines is 2. The Kier molecular flexibility index (Phi) is 7.69. The van der Waals surface area contributed by atoms with E-state index in [1.807, 2.05) is 18.2 Å². The molecule has 1 aromatic carbocycles. The predicted molar refractivity (Wildman–Crippen MR) is 129 cm³/mol. The molecule has 2 aliphatic rings. The first-order valence-electron chi connectivity index (χ1n) is 11.7. The Morgan fingerprint density at radius 2 is 1.73 bits per heavy atom. The Hall–Kier alpha value is -2.81. The van der Waals surface area contributed by atoms with Crippen molar-refractivity contribution in [3.05, 3.63) is 48.2 Å². The molecule has 1 saturated heterocycles. The monoisotopic (exact) mass is 472 g/mol. The van der Waals surface area contributed by atoms with E-state index in [1.54, 1.807) is 24.4 Å². The van der Waals surface area contributed by atoms with Crippen molar-refractivity contribution in [3.63, 3.8) is 0 Å². The van der Waals surface area contributed by atoms with Crippen molar-refractivity contribution in [3.8, 4) is 5.88 Å². The number of benzene rings is 1. The Balaban J connectivity index is 1.22. The van der Waals surface area contributed by atoms with Crippen molar-refractivity contribution in [1.82, 2.24) is 10.3 Å². The molecule has 1 aliphatic carbocycles. The van der Waals surface area contributed by atoms with Gasteiger partial charge in [0.15, 0.2) is 0 Å². The summed E-state index contributed by atoms with van der Waals surface area (Å²) in [7, 11) is -3.81. The molecule has 2 fully saturated rings. The highest BCUT2D eigenvalue weighted by atomic mass is 32.2. The van der Waals surface area contributed by atoms with E-state index in [1.165, 1.54) is 32.1 Å². The van der Waals surface area contributed by atoms with Gasteiger partial charge in [-0.15, -0.1) is 0 Å². The van der Waals surface area contributed by atoms with Crippen LogP contribution in [0.3, 0.4) is 0 Å². The molecule has 33 heavy (non-hydrogen) atoms. The summed E-state index contributed by atoms with van der Waals surface area (Å²) in [6.07, 6.45) is 9.99. The molecule has 178 valence electrons. The van der Waals surface area contributed by atoms with Crippen molar-refractivity contribution in [2.24, 2.45) is 0 Å². The predicted octanol–water partition coefficient (Wildman–Crippen LogP) is 3.45. The van der Waals surface area contributed by atoms with Crippen LogP contribution in [0.1, 0.15) is 50.5 Å². The van der Waals surface area contributed by atoms with E-state index in [0.717, 1.165) is 37.2 Å². The highest BCUT2D eigenvalue weighted by molar-refractivity contribution is 7.93. The number of amides is 1. The van der Waals surface area contributed by atoms with E-state index in [2.05, 4.69) is 19.9 Å². The molecule has 2 N–H and O–H groups in total. The van der Waals surface area contributed by atoms with Gasteiger partial charge in [-0.1, -0.05) is 6.07 Å². The number of rotatable bonds is 9. The van der Waals surface area contributed by atoms with Crippen LogP contribution in [0.5, 0.6) is 5.88 Å². The molecular weight excluding hydrogens is 440 g/mol. The van der Waals surface area contributed by atoms with Gasteiger partial charge in [-0.3, -0.25) is 9.52 Å². The number of nitrogens with one attached hydrogen (secondary N) is 2. The van der Waals surface area contributed by atoms with Crippen LogP contribution in [0.15, 0.2) is 42.6 Å². The molecule has 9 heteroatoms. The van der Waals surface area contributed by atoms with E-state index in [4.69, 9.17) is 4.74 Å². The fourth-order valence-electron chi connectivity index (χ4n) is 4.29. The number of nitrogens with zero attached hydrogens (tertiary/aromatic N) is 2. The summed E-state index contributed by atoms with van der Waals surface area (Å²) >= 11 is 0. The smallest absolute Gasteiger partial charge is 0.241 e. The number of ether oxygens (including phenoxy) is 1. The molecule has 4 rings (SSSR count). The number of sulfonamides is 1. The van der Waals surface area contributed by atoms with Crippen LogP contribution in [-0.4, -0.2) is 44.3 Å². The van der Waals surface area contributed by atoms with Crippen LogP contribution in [0.2, 0.25) is 0 Å². The largest absolute Gasteiger partial charge is 0.474 e. The van der Waals surface area contributed by atoms with Gasteiger partial charge < -0.3 is 15.0 Å². The van der Waals surface area contributed by atoms with E-state index in [9.17, 15) is 13.2 Å². The summed E-state index contributed by atoms with van der Waals surface area (Å²) in [4.78, 5) is 18.8. The summed E-state index contributed by atoms with van der Waals surface area (Å²) in [5.74, 6) is -0.634. The number of carbonyl (C=O) groups is 1. The maximum absolute atomic E-state index is 12.4. The summed E-state index contributed by atoms with van der Waals surface area (Å²) in [5.41, 5.74) is 2.31. The lowest BCUT2D eigenvalue weighted by Gasteiger charge is -2.28. The van der Waals surface area contributed by atoms with Gasteiger partial charge in [-0.25, -0.2) is 13.4 Å². The van der Waals surface area contributed by atoms with E-state index in [-0.39, 0.29) is 12.6 Å². The van der Waals surface area contributed by atoms with Crippen molar-refractivity contribution < 1.29 is 17.9 Å². The molecule has 0 spiro atoms. The summed E-state index contributed by atoms with van der Waals surface area (Å²) in [6, 6.07) is 10.9. The second-order valence-corrected chi connectivity index (χ2v) is 10.5. The fraction of sp³-hybridized carbons (Fsp3) is 0.500. The normalized spacial score (nSPS) is 17.0. The molecule has 0 radical (unpaired) electrons. The summed E-state index contributed by atoms with van der Waals surface area (Å²) in [5, 5.41) is 2.64. The van der Waals surface area contributed by atoms with Crippen molar-refractivity contribution in [2.45, 2.75) is 57.6 Å². The van der Waals surface area contributed by atoms with Crippen LogP contribution in [0.25, 0.3) is 0 Å². The number of hydrogen-bond acceptors (Lipinski definition) is 6. The molecular formula is C24H32N4O4S. The minimum Gasteiger partial charge on any atom is -0.474 e. The molecule has 1 amide bonds. The van der Waals surface area contributed by atoms with Gasteiger partial charge in [0.2, 0.25) is 21.8 Å². The highest BCUT2D eigenvalue weighted by Gasteiger charge is 2.18. The maximum atomic E-state index is 12.4. The van der Waals surface area contributed by atoms with E-state index in [0.29, 0.717) is 11.6 Å². The first kappa shape index (κ1) is 23.4. The zero-order chi connectivity index (χ0) is 23.1. The van der Waals surface area contributed by atoms with Gasteiger partial charge in [-0.05, 0) is 74.8 Å². The highest BCUT2D eigenvalue weighted by Crippen LogP contribution is 2.23. The van der Waals surface area contributed by atoms with Crippen molar-refractivity contribution in [2.75, 3.05) is 28.5 Å². The first-order valence-corrected chi connectivity index (χ1v) is 13.4. The Bertz CT molecular complexity index is 1010. The van der Waals surface area contributed by atoms with Gasteiger partial charge in [0.05, 0.1) is 0 Å². The minimum atomic E-state index is -3.81. The molecule has 1 aromatic heterocycles. The lowest BCUT2D eigenvalue weighted by molar-refractivity contribution is -0.118. The average Bonchev–Trinajstić information content (AvgIpc) is 3.32. The standard InChI is InChI=1S/C24H32N4O4S/c29-23(25-16-19-8-13-24(26-17-19)32-22-6-2-3-7-22)18-33(30,31)27-20-9-11-21(12-10-20)28-14-4-1-5-15-28/h8-13,17,22,27H,1-7,14-16,18H2,(H,25,29). The third-order valence-electron chi connectivity index (χ3n) is 6.06. The molecule has 8 nitrogen and oxygen atoms in total. The Morgan fingerprint density at radius 3 is 2.39 bits per heavy atom.